The summed E-state index contributed by atoms with van der Waals surface area (Å²) in [6.45, 7) is 7.13. The van der Waals surface area contributed by atoms with Crippen molar-refractivity contribution in [3.8, 4) is 0 Å². The smallest absolute Gasteiger partial charge is 0.239 e. The quantitative estimate of drug-likeness (QED) is 0.784. The Morgan fingerprint density at radius 3 is 2.75 bits per heavy atom. The van der Waals surface area contributed by atoms with Crippen LogP contribution in [-0.2, 0) is 11.2 Å². The SMILES string of the molecule is CCCc1nc(N)cc(N(C)CC(=O)NCC(C)C)n1. The zero-order chi connectivity index (χ0) is 15.1. The van der Waals surface area contributed by atoms with Crippen LogP contribution in [0.3, 0.4) is 0 Å². The first-order valence-electron chi connectivity index (χ1n) is 7.03. The molecule has 112 valence electrons. The summed E-state index contributed by atoms with van der Waals surface area (Å²) in [6, 6.07) is 1.69. The summed E-state index contributed by atoms with van der Waals surface area (Å²) < 4.78 is 0. The minimum Gasteiger partial charge on any atom is -0.384 e. The van der Waals surface area contributed by atoms with Crippen LogP contribution in [0.2, 0.25) is 0 Å². The molecule has 0 aromatic carbocycles. The molecule has 0 fully saturated rings. The lowest BCUT2D eigenvalue weighted by Crippen LogP contribution is -2.37. The molecule has 0 bridgehead atoms. The maximum absolute atomic E-state index is 11.8. The van der Waals surface area contributed by atoms with Gasteiger partial charge in [-0.05, 0) is 12.3 Å². The van der Waals surface area contributed by atoms with Crippen LogP contribution in [0, 0.1) is 5.92 Å². The van der Waals surface area contributed by atoms with E-state index in [9.17, 15) is 4.79 Å². The fraction of sp³-hybridized carbons (Fsp3) is 0.643. The minimum atomic E-state index is -0.0181. The number of aryl methyl sites for hydroxylation is 1. The first kappa shape index (κ1) is 16.2. The van der Waals surface area contributed by atoms with Crippen LogP contribution in [0.4, 0.5) is 11.6 Å². The second-order valence-corrected chi connectivity index (χ2v) is 5.37. The highest BCUT2D eigenvalue weighted by molar-refractivity contribution is 5.80. The molecule has 6 heteroatoms. The number of aromatic nitrogens is 2. The zero-order valence-electron chi connectivity index (χ0n) is 12.8. The number of hydrogen-bond donors (Lipinski definition) is 2. The van der Waals surface area contributed by atoms with Crippen LogP contribution >= 0.6 is 0 Å². The molecule has 0 spiro atoms. The van der Waals surface area contributed by atoms with Crippen molar-refractivity contribution in [3.05, 3.63) is 11.9 Å². The molecule has 0 aliphatic heterocycles. The number of rotatable bonds is 7. The van der Waals surface area contributed by atoms with Gasteiger partial charge >= 0.3 is 0 Å². The lowest BCUT2D eigenvalue weighted by molar-refractivity contribution is -0.119. The number of nitrogens with one attached hydrogen (secondary N) is 1. The molecular weight excluding hydrogens is 254 g/mol. The summed E-state index contributed by atoms with van der Waals surface area (Å²) >= 11 is 0. The van der Waals surface area contributed by atoms with Gasteiger partial charge < -0.3 is 16.0 Å². The van der Waals surface area contributed by atoms with Crippen molar-refractivity contribution >= 4 is 17.5 Å². The van der Waals surface area contributed by atoms with Gasteiger partial charge in [0.2, 0.25) is 5.91 Å². The second-order valence-electron chi connectivity index (χ2n) is 5.37. The third kappa shape index (κ3) is 5.42. The summed E-state index contributed by atoms with van der Waals surface area (Å²) in [5, 5.41) is 2.88. The molecule has 20 heavy (non-hydrogen) atoms. The van der Waals surface area contributed by atoms with E-state index >= 15 is 0 Å². The van der Waals surface area contributed by atoms with Crippen LogP contribution in [0.25, 0.3) is 0 Å². The number of nitrogen functional groups attached to an aromatic ring is 1. The number of anilines is 2. The van der Waals surface area contributed by atoms with Crippen LogP contribution < -0.4 is 16.0 Å². The van der Waals surface area contributed by atoms with Crippen molar-refractivity contribution in [3.63, 3.8) is 0 Å². The summed E-state index contributed by atoms with van der Waals surface area (Å²) in [5.41, 5.74) is 5.78. The molecule has 0 atom stereocenters. The zero-order valence-corrected chi connectivity index (χ0v) is 12.8. The Bertz CT molecular complexity index is 447. The second kappa shape index (κ2) is 7.67. The van der Waals surface area contributed by atoms with Crippen LogP contribution in [0.5, 0.6) is 0 Å². The third-order valence-corrected chi connectivity index (χ3v) is 2.73. The van der Waals surface area contributed by atoms with E-state index < -0.39 is 0 Å². The van der Waals surface area contributed by atoms with Gasteiger partial charge in [-0.3, -0.25) is 4.79 Å². The van der Waals surface area contributed by atoms with E-state index in [1.165, 1.54) is 0 Å². The average Bonchev–Trinajstić information content (AvgIpc) is 2.36. The molecule has 1 aromatic rings. The molecule has 1 amide bonds. The number of likely N-dealkylation sites (N-methyl/N-ethyl adjacent to an activating group) is 1. The molecule has 1 aromatic heterocycles. The molecule has 0 saturated heterocycles. The number of hydrogen-bond acceptors (Lipinski definition) is 5. The first-order valence-corrected chi connectivity index (χ1v) is 7.03. The van der Waals surface area contributed by atoms with E-state index in [0.29, 0.717) is 24.1 Å². The van der Waals surface area contributed by atoms with E-state index in [1.54, 1.807) is 11.0 Å². The fourth-order valence-electron chi connectivity index (χ4n) is 1.70. The Balaban J connectivity index is 2.66. The van der Waals surface area contributed by atoms with Crippen LogP contribution in [-0.4, -0.2) is 36.0 Å². The van der Waals surface area contributed by atoms with Gasteiger partial charge in [0.25, 0.3) is 0 Å². The molecule has 0 saturated carbocycles. The lowest BCUT2D eigenvalue weighted by atomic mass is 10.2. The maximum atomic E-state index is 11.8. The number of nitrogens with two attached hydrogens (primary N) is 1. The topological polar surface area (TPSA) is 84.1 Å². The highest BCUT2D eigenvalue weighted by Crippen LogP contribution is 2.13. The molecule has 1 rings (SSSR count). The van der Waals surface area contributed by atoms with Gasteiger partial charge in [-0.15, -0.1) is 0 Å². The molecule has 1 heterocycles. The standard InChI is InChI=1S/C14H25N5O/c1-5-6-12-17-11(15)7-13(18-12)19(4)9-14(20)16-8-10(2)3/h7,10H,5-6,8-9H2,1-4H3,(H,16,20)(H2,15,17,18). The van der Waals surface area contributed by atoms with Gasteiger partial charge in [0, 0.05) is 26.1 Å². The van der Waals surface area contributed by atoms with Crippen molar-refractivity contribution in [2.24, 2.45) is 5.92 Å². The van der Waals surface area contributed by atoms with E-state index in [-0.39, 0.29) is 12.5 Å². The van der Waals surface area contributed by atoms with E-state index in [4.69, 9.17) is 5.73 Å². The molecular formula is C14H25N5O. The predicted octanol–water partition coefficient (Wildman–Crippen LogP) is 1.22. The van der Waals surface area contributed by atoms with Gasteiger partial charge in [0.05, 0.1) is 6.54 Å². The largest absolute Gasteiger partial charge is 0.384 e. The number of carbonyl (C=O) groups excluding carboxylic acids is 1. The van der Waals surface area contributed by atoms with Crippen molar-refractivity contribution in [1.29, 1.82) is 0 Å². The summed E-state index contributed by atoms with van der Waals surface area (Å²) in [5.74, 6) is 2.26. The molecule has 0 unspecified atom stereocenters. The van der Waals surface area contributed by atoms with Gasteiger partial charge in [0.1, 0.15) is 17.5 Å². The maximum Gasteiger partial charge on any atom is 0.239 e. The molecule has 0 aliphatic carbocycles. The van der Waals surface area contributed by atoms with Gasteiger partial charge in [-0.1, -0.05) is 20.8 Å². The summed E-state index contributed by atoms with van der Waals surface area (Å²) in [4.78, 5) is 22.2. The first-order chi connectivity index (χ1) is 9.42. The Hall–Kier alpha value is -1.85. The van der Waals surface area contributed by atoms with Gasteiger partial charge in [-0.25, -0.2) is 9.97 Å². The number of amides is 1. The predicted molar refractivity (Wildman–Crippen MR) is 81.6 cm³/mol. The molecule has 3 N–H and O–H groups in total. The van der Waals surface area contributed by atoms with Crippen molar-refractivity contribution in [1.82, 2.24) is 15.3 Å². The molecule has 6 nitrogen and oxygen atoms in total. The highest BCUT2D eigenvalue weighted by atomic mass is 16.2. The lowest BCUT2D eigenvalue weighted by Gasteiger charge is -2.19. The van der Waals surface area contributed by atoms with Crippen molar-refractivity contribution in [2.45, 2.75) is 33.6 Å². The monoisotopic (exact) mass is 279 g/mol. The van der Waals surface area contributed by atoms with Gasteiger partial charge in [-0.2, -0.15) is 0 Å². The highest BCUT2D eigenvalue weighted by Gasteiger charge is 2.11. The Kier molecular flexibility index (Phi) is 6.21. The van der Waals surface area contributed by atoms with E-state index in [0.717, 1.165) is 18.7 Å². The van der Waals surface area contributed by atoms with Crippen LogP contribution in [0.1, 0.15) is 33.0 Å². The van der Waals surface area contributed by atoms with Crippen molar-refractivity contribution < 1.29 is 4.79 Å². The Labute approximate surface area is 120 Å². The summed E-state index contributed by atoms with van der Waals surface area (Å²) in [6.07, 6.45) is 1.74. The normalized spacial score (nSPS) is 10.7. The Morgan fingerprint density at radius 2 is 2.15 bits per heavy atom. The van der Waals surface area contributed by atoms with Gasteiger partial charge in [0.15, 0.2) is 0 Å². The average molecular weight is 279 g/mol. The molecule has 0 aliphatic rings. The minimum absolute atomic E-state index is 0.0181. The number of nitrogens with zero attached hydrogens (tertiary/aromatic N) is 3. The van der Waals surface area contributed by atoms with E-state index in [1.807, 2.05) is 7.05 Å². The van der Waals surface area contributed by atoms with Crippen molar-refractivity contribution in [2.75, 3.05) is 30.8 Å². The number of carbonyl (C=O) groups is 1. The molecule has 0 radical (unpaired) electrons. The van der Waals surface area contributed by atoms with E-state index in [2.05, 4.69) is 36.1 Å². The Morgan fingerprint density at radius 1 is 1.45 bits per heavy atom. The third-order valence-electron chi connectivity index (χ3n) is 2.73. The summed E-state index contributed by atoms with van der Waals surface area (Å²) in [7, 11) is 1.83. The van der Waals surface area contributed by atoms with Crippen LogP contribution in [0.15, 0.2) is 6.07 Å². The fourth-order valence-corrected chi connectivity index (χ4v) is 1.70.